The number of rotatable bonds is 5. The van der Waals surface area contributed by atoms with Gasteiger partial charge in [-0.15, -0.1) is 5.10 Å². The van der Waals surface area contributed by atoms with Crippen LogP contribution in [0.2, 0.25) is 0 Å². The summed E-state index contributed by atoms with van der Waals surface area (Å²) in [5.41, 5.74) is 0. The van der Waals surface area contributed by atoms with Gasteiger partial charge >= 0.3 is 11.9 Å². The second-order valence-corrected chi connectivity index (χ2v) is 4.25. The first-order valence-corrected chi connectivity index (χ1v) is 6.23. The Bertz CT molecular complexity index is 573. The molecule has 0 bridgehead atoms. The topological polar surface area (TPSA) is 87.3 Å². The van der Waals surface area contributed by atoms with Gasteiger partial charge in [-0.3, -0.25) is 0 Å². The number of esters is 1. The van der Waals surface area contributed by atoms with E-state index in [1.165, 1.54) is 18.9 Å². The number of hydrogen-bond acceptors (Lipinski definition) is 8. The zero-order chi connectivity index (χ0) is 13.7. The normalized spacial score (nSPS) is 10.2. The third-order valence-corrected chi connectivity index (χ3v) is 2.81. The summed E-state index contributed by atoms with van der Waals surface area (Å²) < 4.78 is 14.9. The summed E-state index contributed by atoms with van der Waals surface area (Å²) in [4.78, 5) is 16.1. The third kappa shape index (κ3) is 3.44. The molecule has 2 aromatic rings. The van der Waals surface area contributed by atoms with Gasteiger partial charge in [-0.05, 0) is 24.8 Å². The molecule has 100 valence electrons. The molecule has 0 saturated heterocycles. The van der Waals surface area contributed by atoms with Crippen molar-refractivity contribution >= 4 is 17.7 Å². The molecule has 0 aliphatic heterocycles. The van der Waals surface area contributed by atoms with E-state index >= 15 is 0 Å². The van der Waals surface area contributed by atoms with Gasteiger partial charge in [-0.2, -0.15) is 0 Å². The molecule has 7 nitrogen and oxygen atoms in total. The Hall–Kier alpha value is -2.09. The van der Waals surface area contributed by atoms with Crippen LogP contribution in [0.1, 0.15) is 17.6 Å². The van der Waals surface area contributed by atoms with E-state index < -0.39 is 5.97 Å². The SMILES string of the molecule is CCOC(=O)c1nnc(Sc2ccnc(OC)c2)o1. The largest absolute Gasteiger partial charge is 0.481 e. The average molecular weight is 281 g/mol. The van der Waals surface area contributed by atoms with E-state index in [2.05, 4.69) is 15.2 Å². The van der Waals surface area contributed by atoms with Gasteiger partial charge in [0, 0.05) is 17.2 Å². The Morgan fingerprint density at radius 1 is 1.47 bits per heavy atom. The minimum atomic E-state index is -0.630. The van der Waals surface area contributed by atoms with E-state index in [9.17, 15) is 4.79 Å². The quantitative estimate of drug-likeness (QED) is 0.767. The molecule has 8 heteroatoms. The Morgan fingerprint density at radius 3 is 3.05 bits per heavy atom. The second-order valence-electron chi connectivity index (χ2n) is 3.23. The van der Waals surface area contributed by atoms with Gasteiger partial charge in [0.25, 0.3) is 5.22 Å². The maximum absolute atomic E-state index is 11.4. The van der Waals surface area contributed by atoms with E-state index in [-0.39, 0.29) is 17.7 Å². The molecule has 2 rings (SSSR count). The number of aromatic nitrogens is 3. The van der Waals surface area contributed by atoms with E-state index in [0.717, 1.165) is 4.90 Å². The lowest BCUT2D eigenvalue weighted by Gasteiger charge is -1.99. The molecule has 2 aromatic heterocycles. The fourth-order valence-corrected chi connectivity index (χ4v) is 1.89. The van der Waals surface area contributed by atoms with Crippen LogP contribution in [-0.4, -0.2) is 34.9 Å². The summed E-state index contributed by atoms with van der Waals surface area (Å²) in [6.07, 6.45) is 1.60. The molecule has 0 aliphatic rings. The van der Waals surface area contributed by atoms with Crippen LogP contribution in [0.4, 0.5) is 0 Å². The molecular formula is C11H11N3O4S. The molecule has 0 spiro atoms. The predicted molar refractivity (Wildman–Crippen MR) is 65.2 cm³/mol. The summed E-state index contributed by atoms with van der Waals surface area (Å²) in [7, 11) is 1.53. The molecule has 0 aromatic carbocycles. The zero-order valence-electron chi connectivity index (χ0n) is 10.3. The highest BCUT2D eigenvalue weighted by atomic mass is 32.2. The van der Waals surface area contributed by atoms with Gasteiger partial charge in [0.2, 0.25) is 5.88 Å². The summed E-state index contributed by atoms with van der Waals surface area (Å²) in [6.45, 7) is 1.96. The van der Waals surface area contributed by atoms with Crippen LogP contribution < -0.4 is 4.74 Å². The number of pyridine rings is 1. The highest BCUT2D eigenvalue weighted by Crippen LogP contribution is 2.27. The van der Waals surface area contributed by atoms with Gasteiger partial charge in [0.15, 0.2) is 0 Å². The minimum absolute atomic E-state index is 0.162. The summed E-state index contributed by atoms with van der Waals surface area (Å²) in [5, 5.41) is 7.62. The van der Waals surface area contributed by atoms with Crippen LogP contribution >= 0.6 is 11.8 Å². The van der Waals surface area contributed by atoms with Crippen LogP contribution in [-0.2, 0) is 4.74 Å². The molecule has 19 heavy (non-hydrogen) atoms. The Balaban J connectivity index is 2.09. The van der Waals surface area contributed by atoms with Crippen LogP contribution in [0.15, 0.2) is 32.9 Å². The molecule has 0 amide bonds. The second kappa shape index (κ2) is 6.19. The van der Waals surface area contributed by atoms with Crippen molar-refractivity contribution in [2.45, 2.75) is 17.0 Å². The molecule has 0 unspecified atom stereocenters. The first-order chi connectivity index (χ1) is 9.22. The minimum Gasteiger partial charge on any atom is -0.481 e. The van der Waals surface area contributed by atoms with Crippen molar-refractivity contribution in [3.05, 3.63) is 24.2 Å². The standard InChI is InChI=1S/C11H11N3O4S/c1-3-17-10(15)9-13-14-11(18-9)19-7-4-5-12-8(6-7)16-2/h4-6H,3H2,1-2H3. The smallest absolute Gasteiger partial charge is 0.396 e. The highest BCUT2D eigenvalue weighted by Gasteiger charge is 2.16. The van der Waals surface area contributed by atoms with Crippen molar-refractivity contribution in [1.29, 1.82) is 0 Å². The number of nitrogens with zero attached hydrogens (tertiary/aromatic N) is 3. The fourth-order valence-electron chi connectivity index (χ4n) is 1.19. The van der Waals surface area contributed by atoms with E-state index in [1.54, 1.807) is 25.3 Å². The molecule has 0 aliphatic carbocycles. The van der Waals surface area contributed by atoms with Crippen LogP contribution in [0.5, 0.6) is 5.88 Å². The molecular weight excluding hydrogens is 270 g/mol. The van der Waals surface area contributed by atoms with Gasteiger partial charge < -0.3 is 13.9 Å². The first-order valence-electron chi connectivity index (χ1n) is 5.41. The summed E-state index contributed by atoms with van der Waals surface area (Å²) in [5.74, 6) is -0.310. The lowest BCUT2D eigenvalue weighted by molar-refractivity contribution is 0.0475. The zero-order valence-corrected chi connectivity index (χ0v) is 11.1. The van der Waals surface area contributed by atoms with Gasteiger partial charge in [0.05, 0.1) is 13.7 Å². The van der Waals surface area contributed by atoms with Crippen LogP contribution in [0.25, 0.3) is 0 Å². The van der Waals surface area contributed by atoms with Gasteiger partial charge in [-0.1, -0.05) is 5.10 Å². The monoisotopic (exact) mass is 281 g/mol. The van der Waals surface area contributed by atoms with Crippen LogP contribution in [0.3, 0.4) is 0 Å². The molecule has 0 N–H and O–H groups in total. The van der Waals surface area contributed by atoms with Crippen LogP contribution in [0, 0.1) is 0 Å². The van der Waals surface area contributed by atoms with E-state index in [1.807, 2.05) is 0 Å². The fraction of sp³-hybridized carbons (Fsp3) is 0.273. The lowest BCUT2D eigenvalue weighted by Crippen LogP contribution is -2.04. The highest BCUT2D eigenvalue weighted by molar-refractivity contribution is 7.99. The number of carbonyl (C=O) groups excluding carboxylic acids is 1. The summed E-state index contributed by atoms with van der Waals surface area (Å²) in [6, 6.07) is 3.49. The van der Waals surface area contributed by atoms with Gasteiger partial charge in [0.1, 0.15) is 0 Å². The van der Waals surface area contributed by atoms with Crippen molar-refractivity contribution in [2.24, 2.45) is 0 Å². The van der Waals surface area contributed by atoms with E-state index in [4.69, 9.17) is 13.9 Å². The Morgan fingerprint density at radius 2 is 2.32 bits per heavy atom. The van der Waals surface area contributed by atoms with Crippen molar-refractivity contribution in [2.75, 3.05) is 13.7 Å². The molecule has 0 saturated carbocycles. The predicted octanol–water partition coefficient (Wildman–Crippen LogP) is 1.80. The molecule has 2 heterocycles. The van der Waals surface area contributed by atoms with Gasteiger partial charge in [-0.25, -0.2) is 9.78 Å². The first kappa shape index (κ1) is 13.3. The van der Waals surface area contributed by atoms with Crippen molar-refractivity contribution in [3.63, 3.8) is 0 Å². The lowest BCUT2D eigenvalue weighted by atomic mass is 10.5. The third-order valence-electron chi connectivity index (χ3n) is 1.98. The maximum atomic E-state index is 11.4. The summed E-state index contributed by atoms with van der Waals surface area (Å²) >= 11 is 1.21. The average Bonchev–Trinajstić information content (AvgIpc) is 2.88. The number of hydrogen-bond donors (Lipinski definition) is 0. The van der Waals surface area contributed by atoms with E-state index in [0.29, 0.717) is 5.88 Å². The molecule has 0 radical (unpaired) electrons. The maximum Gasteiger partial charge on any atom is 0.396 e. The Kier molecular flexibility index (Phi) is 4.35. The van der Waals surface area contributed by atoms with Crippen molar-refractivity contribution in [1.82, 2.24) is 15.2 Å². The molecule has 0 atom stereocenters. The number of carbonyl (C=O) groups is 1. The number of ether oxygens (including phenoxy) is 2. The van der Waals surface area contributed by atoms with Crippen molar-refractivity contribution < 1.29 is 18.7 Å². The molecule has 0 fully saturated rings. The Labute approximate surface area is 113 Å². The number of methoxy groups -OCH3 is 1. The van der Waals surface area contributed by atoms with Crippen molar-refractivity contribution in [3.8, 4) is 5.88 Å².